The second kappa shape index (κ2) is 3.76. The van der Waals surface area contributed by atoms with E-state index in [1.54, 1.807) is 5.57 Å². The van der Waals surface area contributed by atoms with Crippen molar-refractivity contribution in [3.8, 4) is 0 Å². The molecule has 1 fully saturated rings. The molecule has 2 heteroatoms. The summed E-state index contributed by atoms with van der Waals surface area (Å²) in [7, 11) is 0. The van der Waals surface area contributed by atoms with E-state index in [2.05, 4.69) is 18.2 Å². The van der Waals surface area contributed by atoms with E-state index in [-0.39, 0.29) is 5.60 Å². The van der Waals surface area contributed by atoms with Crippen molar-refractivity contribution in [3.05, 3.63) is 23.8 Å². The Labute approximate surface area is 90.9 Å². The molecule has 3 aliphatic rings. The first kappa shape index (κ1) is 9.61. The molecule has 0 unspecified atom stereocenters. The van der Waals surface area contributed by atoms with Gasteiger partial charge in [0.05, 0.1) is 19.3 Å². The zero-order chi connectivity index (χ0) is 10.1. The normalized spacial score (nSPS) is 39.2. The average Bonchev–Trinajstić information content (AvgIpc) is 3.04. The van der Waals surface area contributed by atoms with Gasteiger partial charge in [-0.3, -0.25) is 0 Å². The number of allylic oxidation sites excluding steroid dienone is 1. The summed E-state index contributed by atoms with van der Waals surface area (Å²) in [6.07, 6.45) is 13.4. The highest BCUT2D eigenvalue weighted by atomic mass is 16.6. The van der Waals surface area contributed by atoms with Gasteiger partial charge in [-0.2, -0.15) is 0 Å². The van der Waals surface area contributed by atoms with Gasteiger partial charge in [-0.05, 0) is 38.2 Å². The summed E-state index contributed by atoms with van der Waals surface area (Å²) in [5.74, 6) is 0. The molecule has 0 radical (unpaired) electrons. The van der Waals surface area contributed by atoms with E-state index in [4.69, 9.17) is 9.47 Å². The van der Waals surface area contributed by atoms with E-state index in [1.807, 2.05) is 0 Å². The Balaban J connectivity index is 1.57. The van der Waals surface area contributed by atoms with E-state index < -0.39 is 0 Å². The lowest BCUT2D eigenvalue weighted by atomic mass is 9.94. The van der Waals surface area contributed by atoms with Crippen molar-refractivity contribution in [3.63, 3.8) is 0 Å². The van der Waals surface area contributed by atoms with Gasteiger partial charge in [-0.1, -0.05) is 17.7 Å². The first-order chi connectivity index (χ1) is 7.36. The number of rotatable bonds is 2. The standard InChI is InChI=1S/C13H18O2/c1-2-4-11(5-3-1)8-12-6-7-13(9-14-12)10-15-13/h4,6-7,12H,1-3,5,8-10H2/t12-,13-/m0/s1. The van der Waals surface area contributed by atoms with E-state index in [1.165, 1.54) is 25.7 Å². The fraction of sp³-hybridized carbons (Fsp3) is 0.692. The molecule has 2 heterocycles. The fourth-order valence-corrected chi connectivity index (χ4v) is 2.38. The maximum absolute atomic E-state index is 5.81. The predicted octanol–water partition coefficient (Wildman–Crippen LogP) is 2.60. The molecule has 3 rings (SSSR count). The lowest BCUT2D eigenvalue weighted by Gasteiger charge is -2.23. The predicted molar refractivity (Wildman–Crippen MR) is 58.7 cm³/mol. The van der Waals surface area contributed by atoms with Crippen LogP contribution in [0.5, 0.6) is 0 Å². The third-order valence-electron chi connectivity index (χ3n) is 3.52. The highest BCUT2D eigenvalue weighted by molar-refractivity contribution is 5.18. The van der Waals surface area contributed by atoms with Gasteiger partial charge in [-0.25, -0.2) is 0 Å². The maximum atomic E-state index is 5.81. The maximum Gasteiger partial charge on any atom is 0.133 e. The van der Waals surface area contributed by atoms with Crippen LogP contribution in [0.3, 0.4) is 0 Å². The zero-order valence-electron chi connectivity index (χ0n) is 9.08. The van der Waals surface area contributed by atoms with Crippen LogP contribution in [0, 0.1) is 0 Å². The first-order valence-corrected chi connectivity index (χ1v) is 5.99. The Kier molecular flexibility index (Phi) is 2.41. The summed E-state index contributed by atoms with van der Waals surface area (Å²) in [5.41, 5.74) is 1.57. The van der Waals surface area contributed by atoms with Crippen LogP contribution in [0.25, 0.3) is 0 Å². The Bertz CT molecular complexity index is 300. The zero-order valence-corrected chi connectivity index (χ0v) is 9.08. The van der Waals surface area contributed by atoms with Crippen molar-refractivity contribution >= 4 is 0 Å². The van der Waals surface area contributed by atoms with Gasteiger partial charge < -0.3 is 9.47 Å². The van der Waals surface area contributed by atoms with Gasteiger partial charge in [0.15, 0.2) is 0 Å². The van der Waals surface area contributed by atoms with Gasteiger partial charge in [0.1, 0.15) is 5.60 Å². The molecule has 0 aromatic rings. The molecule has 1 spiro atoms. The molecular weight excluding hydrogens is 188 g/mol. The SMILES string of the molecule is C1=C[C@]2(CO[C@@H]1CC1=CCCCC1)CO2. The van der Waals surface area contributed by atoms with Crippen LogP contribution in [-0.2, 0) is 9.47 Å². The van der Waals surface area contributed by atoms with Gasteiger partial charge in [-0.15, -0.1) is 0 Å². The van der Waals surface area contributed by atoms with Gasteiger partial charge >= 0.3 is 0 Å². The van der Waals surface area contributed by atoms with E-state index >= 15 is 0 Å². The molecule has 1 saturated heterocycles. The summed E-state index contributed by atoms with van der Waals surface area (Å²) >= 11 is 0. The van der Waals surface area contributed by atoms with Crippen molar-refractivity contribution in [2.24, 2.45) is 0 Å². The second-order valence-electron chi connectivity index (χ2n) is 4.87. The molecule has 0 saturated carbocycles. The summed E-state index contributed by atoms with van der Waals surface area (Å²) in [5, 5.41) is 0. The molecule has 0 bridgehead atoms. The number of hydrogen-bond acceptors (Lipinski definition) is 2. The Morgan fingerprint density at radius 3 is 2.87 bits per heavy atom. The van der Waals surface area contributed by atoms with Gasteiger partial charge in [0, 0.05) is 0 Å². The topological polar surface area (TPSA) is 21.8 Å². The number of hydrogen-bond donors (Lipinski definition) is 0. The van der Waals surface area contributed by atoms with Crippen molar-refractivity contribution < 1.29 is 9.47 Å². The summed E-state index contributed by atoms with van der Waals surface area (Å²) < 4.78 is 11.2. The van der Waals surface area contributed by atoms with Gasteiger partial charge in [0.2, 0.25) is 0 Å². The quantitative estimate of drug-likeness (QED) is 0.511. The molecule has 1 aliphatic carbocycles. The highest BCUT2D eigenvalue weighted by Gasteiger charge is 2.44. The highest BCUT2D eigenvalue weighted by Crippen LogP contribution is 2.34. The van der Waals surface area contributed by atoms with E-state index in [0.29, 0.717) is 6.10 Å². The Hall–Kier alpha value is -0.600. The van der Waals surface area contributed by atoms with Crippen LogP contribution in [0.15, 0.2) is 23.8 Å². The third-order valence-corrected chi connectivity index (χ3v) is 3.52. The van der Waals surface area contributed by atoms with Crippen molar-refractivity contribution in [2.75, 3.05) is 13.2 Å². The Morgan fingerprint density at radius 1 is 1.33 bits per heavy atom. The lowest BCUT2D eigenvalue weighted by molar-refractivity contribution is 0.0424. The van der Waals surface area contributed by atoms with Crippen LogP contribution < -0.4 is 0 Å². The minimum Gasteiger partial charge on any atom is -0.370 e. The minimum absolute atomic E-state index is 0.0164. The summed E-state index contributed by atoms with van der Waals surface area (Å²) in [6.45, 7) is 1.60. The summed E-state index contributed by atoms with van der Waals surface area (Å²) in [6, 6.07) is 0. The van der Waals surface area contributed by atoms with Crippen LogP contribution in [-0.4, -0.2) is 24.9 Å². The van der Waals surface area contributed by atoms with Crippen molar-refractivity contribution in [2.45, 2.75) is 43.8 Å². The monoisotopic (exact) mass is 206 g/mol. The number of ether oxygens (including phenoxy) is 2. The first-order valence-electron chi connectivity index (χ1n) is 5.99. The number of epoxide rings is 1. The molecule has 0 aromatic carbocycles. The van der Waals surface area contributed by atoms with Crippen molar-refractivity contribution in [1.29, 1.82) is 0 Å². The molecule has 82 valence electrons. The smallest absolute Gasteiger partial charge is 0.133 e. The van der Waals surface area contributed by atoms with Crippen LogP contribution in [0.2, 0.25) is 0 Å². The average molecular weight is 206 g/mol. The molecule has 2 atom stereocenters. The third kappa shape index (κ3) is 2.16. The van der Waals surface area contributed by atoms with Crippen LogP contribution in [0.4, 0.5) is 0 Å². The van der Waals surface area contributed by atoms with Crippen molar-refractivity contribution in [1.82, 2.24) is 0 Å². The second-order valence-corrected chi connectivity index (χ2v) is 4.87. The van der Waals surface area contributed by atoms with E-state index in [9.17, 15) is 0 Å². The van der Waals surface area contributed by atoms with Crippen LogP contribution >= 0.6 is 0 Å². The molecule has 15 heavy (non-hydrogen) atoms. The van der Waals surface area contributed by atoms with E-state index in [0.717, 1.165) is 19.6 Å². The minimum atomic E-state index is -0.0164. The fourth-order valence-electron chi connectivity index (χ4n) is 2.38. The molecule has 0 N–H and O–H groups in total. The summed E-state index contributed by atoms with van der Waals surface area (Å²) in [4.78, 5) is 0. The van der Waals surface area contributed by atoms with Crippen LogP contribution in [0.1, 0.15) is 32.1 Å². The molecule has 2 aliphatic heterocycles. The molecule has 2 nitrogen and oxygen atoms in total. The van der Waals surface area contributed by atoms with Gasteiger partial charge in [0.25, 0.3) is 0 Å². The lowest BCUT2D eigenvalue weighted by Crippen LogP contribution is -2.27. The Morgan fingerprint density at radius 2 is 2.27 bits per heavy atom. The molecule has 0 aromatic heterocycles. The molecule has 0 amide bonds. The molecular formula is C13H18O2. The largest absolute Gasteiger partial charge is 0.370 e.